The van der Waals surface area contributed by atoms with E-state index in [0.29, 0.717) is 30.2 Å². The summed E-state index contributed by atoms with van der Waals surface area (Å²) in [6.45, 7) is 10.8. The second-order valence-electron chi connectivity index (χ2n) is 6.92. The van der Waals surface area contributed by atoms with E-state index in [0.717, 1.165) is 45.4 Å². The lowest BCUT2D eigenvalue weighted by Crippen LogP contribution is -2.43. The maximum absolute atomic E-state index is 12.6. The molecule has 0 radical (unpaired) electrons. The van der Waals surface area contributed by atoms with Gasteiger partial charge in [-0.15, -0.1) is 0 Å². The number of carbonyl (C=O) groups excluding carboxylic acids is 1. The van der Waals surface area contributed by atoms with Crippen LogP contribution >= 0.6 is 0 Å². The molecule has 21 heavy (non-hydrogen) atoms. The maximum Gasteiger partial charge on any atom is 0.223 e. The highest BCUT2D eigenvalue weighted by molar-refractivity contribution is 5.76. The van der Waals surface area contributed by atoms with E-state index < -0.39 is 0 Å². The molecule has 1 saturated carbocycles. The van der Waals surface area contributed by atoms with Crippen LogP contribution in [0.3, 0.4) is 0 Å². The van der Waals surface area contributed by atoms with Gasteiger partial charge in [0.2, 0.25) is 5.91 Å². The van der Waals surface area contributed by atoms with E-state index in [9.17, 15) is 4.79 Å². The lowest BCUT2D eigenvalue weighted by Gasteiger charge is -2.37. The number of hydrogen-bond acceptors (Lipinski definition) is 3. The second-order valence-corrected chi connectivity index (χ2v) is 6.92. The van der Waals surface area contributed by atoms with Crippen LogP contribution in [0.1, 0.15) is 59.8 Å². The third kappa shape index (κ3) is 3.98. The molecule has 0 bridgehead atoms. The molecule has 1 aliphatic heterocycles. The first kappa shape index (κ1) is 16.8. The predicted octanol–water partition coefficient (Wildman–Crippen LogP) is 3.20. The van der Waals surface area contributed by atoms with Crippen molar-refractivity contribution in [3.8, 4) is 0 Å². The van der Waals surface area contributed by atoms with Crippen molar-refractivity contribution in [3.05, 3.63) is 0 Å². The summed E-state index contributed by atoms with van der Waals surface area (Å²) >= 11 is 0. The number of nitrogens with zero attached hydrogens (tertiary/aromatic N) is 1. The van der Waals surface area contributed by atoms with Gasteiger partial charge in [0.05, 0.1) is 13.2 Å². The van der Waals surface area contributed by atoms with Gasteiger partial charge < -0.3 is 14.4 Å². The molecular formula is C17H31NO3. The van der Waals surface area contributed by atoms with Crippen LogP contribution in [0.5, 0.6) is 0 Å². The molecule has 1 aliphatic carbocycles. The van der Waals surface area contributed by atoms with Crippen LogP contribution < -0.4 is 0 Å². The number of amides is 1. The highest BCUT2D eigenvalue weighted by atomic mass is 16.7. The third-order valence-corrected chi connectivity index (χ3v) is 5.26. The Bertz CT molecular complexity index is 340. The smallest absolute Gasteiger partial charge is 0.223 e. The van der Waals surface area contributed by atoms with Gasteiger partial charge in [0.25, 0.3) is 0 Å². The van der Waals surface area contributed by atoms with Crippen molar-refractivity contribution in [2.75, 3.05) is 19.8 Å². The van der Waals surface area contributed by atoms with E-state index in [-0.39, 0.29) is 5.79 Å². The Morgan fingerprint density at radius 3 is 2.24 bits per heavy atom. The molecule has 0 unspecified atom stereocenters. The summed E-state index contributed by atoms with van der Waals surface area (Å²) < 4.78 is 11.5. The summed E-state index contributed by atoms with van der Waals surface area (Å²) in [4.78, 5) is 14.6. The van der Waals surface area contributed by atoms with Crippen LogP contribution in [0.25, 0.3) is 0 Å². The number of ether oxygens (including phenoxy) is 2. The Kier molecular flexibility index (Phi) is 5.67. The number of hydrogen-bond donors (Lipinski definition) is 0. The molecule has 4 heteroatoms. The lowest BCUT2D eigenvalue weighted by atomic mass is 9.83. The van der Waals surface area contributed by atoms with Gasteiger partial charge in [-0.25, -0.2) is 0 Å². The first-order valence-corrected chi connectivity index (χ1v) is 8.55. The molecular weight excluding hydrogens is 266 g/mol. The minimum absolute atomic E-state index is 0.310. The standard InChI is InChI=1S/C17H31NO3/c1-5-18(14(4)13(2)3)16(19)12-15-6-8-17(9-7-15)20-10-11-21-17/h13-15H,5-12H2,1-4H3/t14-/m1/s1. The van der Waals surface area contributed by atoms with Crippen LogP contribution in [0.15, 0.2) is 0 Å². The van der Waals surface area contributed by atoms with Crippen molar-refractivity contribution in [3.63, 3.8) is 0 Å². The van der Waals surface area contributed by atoms with E-state index in [1.54, 1.807) is 0 Å². The highest BCUT2D eigenvalue weighted by Crippen LogP contribution is 2.39. The zero-order chi connectivity index (χ0) is 15.5. The number of carbonyl (C=O) groups is 1. The van der Waals surface area contributed by atoms with Crippen LogP contribution in [-0.4, -0.2) is 42.4 Å². The average Bonchev–Trinajstić information content (AvgIpc) is 2.90. The molecule has 0 aromatic rings. The third-order valence-electron chi connectivity index (χ3n) is 5.26. The van der Waals surface area contributed by atoms with Gasteiger partial charge in [-0.2, -0.15) is 0 Å². The molecule has 0 aromatic heterocycles. The quantitative estimate of drug-likeness (QED) is 0.782. The molecule has 2 fully saturated rings. The van der Waals surface area contributed by atoms with E-state index in [2.05, 4.69) is 27.7 Å². The van der Waals surface area contributed by atoms with E-state index in [4.69, 9.17) is 9.47 Å². The first-order chi connectivity index (χ1) is 9.97. The van der Waals surface area contributed by atoms with Gasteiger partial charge in [-0.05, 0) is 38.5 Å². The van der Waals surface area contributed by atoms with Crippen LogP contribution in [0, 0.1) is 11.8 Å². The monoisotopic (exact) mass is 297 g/mol. The minimum Gasteiger partial charge on any atom is -0.348 e. The molecule has 1 amide bonds. The van der Waals surface area contributed by atoms with E-state index in [1.807, 2.05) is 4.90 Å². The molecule has 1 heterocycles. The van der Waals surface area contributed by atoms with Crippen molar-refractivity contribution < 1.29 is 14.3 Å². The fraction of sp³-hybridized carbons (Fsp3) is 0.941. The molecule has 1 saturated heterocycles. The van der Waals surface area contributed by atoms with Gasteiger partial charge in [-0.1, -0.05) is 13.8 Å². The topological polar surface area (TPSA) is 38.8 Å². The summed E-state index contributed by atoms with van der Waals surface area (Å²) in [7, 11) is 0. The molecule has 2 aliphatic rings. The van der Waals surface area contributed by atoms with Gasteiger partial charge in [0, 0.05) is 31.8 Å². The molecule has 2 rings (SSSR count). The van der Waals surface area contributed by atoms with Gasteiger partial charge >= 0.3 is 0 Å². The fourth-order valence-corrected chi connectivity index (χ4v) is 3.52. The Hall–Kier alpha value is -0.610. The van der Waals surface area contributed by atoms with Crippen molar-refractivity contribution in [1.82, 2.24) is 4.90 Å². The maximum atomic E-state index is 12.6. The summed E-state index contributed by atoms with van der Waals surface area (Å²) in [5, 5.41) is 0. The van der Waals surface area contributed by atoms with Crippen LogP contribution in [-0.2, 0) is 14.3 Å². The normalized spacial score (nSPS) is 23.7. The summed E-state index contributed by atoms with van der Waals surface area (Å²) in [6.07, 6.45) is 4.65. The Labute approximate surface area is 129 Å². The van der Waals surface area contributed by atoms with Crippen LogP contribution in [0.2, 0.25) is 0 Å². The minimum atomic E-state index is -0.310. The summed E-state index contributed by atoms with van der Waals surface area (Å²) in [5.41, 5.74) is 0. The molecule has 1 atom stereocenters. The van der Waals surface area contributed by atoms with E-state index >= 15 is 0 Å². The largest absolute Gasteiger partial charge is 0.348 e. The average molecular weight is 297 g/mol. The zero-order valence-corrected chi connectivity index (χ0v) is 14.1. The molecule has 4 nitrogen and oxygen atoms in total. The first-order valence-electron chi connectivity index (χ1n) is 8.55. The Morgan fingerprint density at radius 1 is 1.19 bits per heavy atom. The van der Waals surface area contributed by atoms with Crippen molar-refractivity contribution >= 4 is 5.91 Å². The molecule has 122 valence electrons. The molecule has 0 N–H and O–H groups in total. The van der Waals surface area contributed by atoms with Crippen molar-refractivity contribution in [2.45, 2.75) is 71.6 Å². The van der Waals surface area contributed by atoms with Gasteiger partial charge in [-0.3, -0.25) is 4.79 Å². The Balaban J connectivity index is 1.83. The molecule has 0 aromatic carbocycles. The number of rotatable bonds is 5. The fourth-order valence-electron chi connectivity index (χ4n) is 3.52. The second kappa shape index (κ2) is 7.10. The Morgan fingerprint density at radius 2 is 1.76 bits per heavy atom. The SMILES string of the molecule is CCN(C(=O)CC1CCC2(CC1)OCCO2)[C@H](C)C(C)C. The van der Waals surface area contributed by atoms with E-state index in [1.165, 1.54) is 0 Å². The molecule has 1 spiro atoms. The van der Waals surface area contributed by atoms with Gasteiger partial charge in [0.15, 0.2) is 5.79 Å². The lowest BCUT2D eigenvalue weighted by molar-refractivity contribution is -0.183. The van der Waals surface area contributed by atoms with Gasteiger partial charge in [0.1, 0.15) is 0 Å². The highest BCUT2D eigenvalue weighted by Gasteiger charge is 2.40. The van der Waals surface area contributed by atoms with Crippen LogP contribution in [0.4, 0.5) is 0 Å². The predicted molar refractivity (Wildman–Crippen MR) is 82.9 cm³/mol. The van der Waals surface area contributed by atoms with Crippen molar-refractivity contribution in [2.24, 2.45) is 11.8 Å². The summed E-state index contributed by atoms with van der Waals surface area (Å²) in [6, 6.07) is 0.318. The van der Waals surface area contributed by atoms with Crippen molar-refractivity contribution in [1.29, 1.82) is 0 Å². The summed E-state index contributed by atoms with van der Waals surface area (Å²) in [5.74, 6) is 0.996. The zero-order valence-electron chi connectivity index (χ0n) is 14.1.